The molecule has 0 heterocycles. The Balaban J connectivity index is 1.16. The number of rotatable bonds is 19. The summed E-state index contributed by atoms with van der Waals surface area (Å²) in [5, 5.41) is 0. The molecule has 0 spiro atoms. The minimum absolute atomic E-state index is 0.0526. The summed E-state index contributed by atoms with van der Waals surface area (Å²) in [6.45, 7) is 14.9. The van der Waals surface area contributed by atoms with Crippen molar-refractivity contribution in [2.45, 2.75) is 195 Å². The second kappa shape index (κ2) is 17.9. The predicted octanol–water partition coefficient (Wildman–Crippen LogP) is 13.2. The Hall–Kier alpha value is -1.05. The summed E-state index contributed by atoms with van der Waals surface area (Å²) in [5.74, 6) is 5.32. The normalized spacial score (nSPS) is 33.5. The van der Waals surface area contributed by atoms with Crippen LogP contribution in [-0.2, 0) is 9.53 Å². The van der Waals surface area contributed by atoms with E-state index in [9.17, 15) is 4.79 Å². The van der Waals surface area contributed by atoms with Crippen molar-refractivity contribution in [3.8, 4) is 0 Å². The fourth-order valence-corrected chi connectivity index (χ4v) is 11.0. The minimum atomic E-state index is 0.0526. The molecule has 1 unspecified atom stereocenters. The zero-order valence-electron chi connectivity index (χ0n) is 30.9. The zero-order chi connectivity index (χ0) is 32.3. The number of carbonyl (C=O) groups excluding carboxylic acids is 1. The molecule has 0 aliphatic heterocycles. The first-order chi connectivity index (χ1) is 21.7. The highest BCUT2D eigenvalue weighted by Crippen LogP contribution is 2.67. The van der Waals surface area contributed by atoms with Gasteiger partial charge in [-0.05, 0) is 123 Å². The molecule has 45 heavy (non-hydrogen) atoms. The van der Waals surface area contributed by atoms with Gasteiger partial charge in [0.05, 0.1) is 0 Å². The van der Waals surface area contributed by atoms with Gasteiger partial charge >= 0.3 is 5.97 Å². The van der Waals surface area contributed by atoms with Gasteiger partial charge in [-0.25, -0.2) is 0 Å². The van der Waals surface area contributed by atoms with Crippen LogP contribution >= 0.6 is 0 Å². The maximum Gasteiger partial charge on any atom is 0.306 e. The first kappa shape index (κ1) is 36.8. The molecule has 0 aromatic carbocycles. The van der Waals surface area contributed by atoms with E-state index in [4.69, 9.17) is 4.74 Å². The minimum Gasteiger partial charge on any atom is -0.462 e. The van der Waals surface area contributed by atoms with Gasteiger partial charge < -0.3 is 4.74 Å². The number of esters is 1. The Labute approximate surface area is 280 Å². The maximum absolute atomic E-state index is 12.8. The zero-order valence-corrected chi connectivity index (χ0v) is 30.9. The lowest BCUT2D eigenvalue weighted by Crippen LogP contribution is -2.51. The highest BCUT2D eigenvalue weighted by atomic mass is 16.5. The summed E-state index contributed by atoms with van der Waals surface area (Å²) < 4.78 is 6.11. The predicted molar refractivity (Wildman–Crippen MR) is 193 cm³/mol. The van der Waals surface area contributed by atoms with Gasteiger partial charge in [0.15, 0.2) is 0 Å². The second-order valence-electron chi connectivity index (χ2n) is 17.3. The first-order valence-corrected chi connectivity index (χ1v) is 20.2. The standard InChI is InChI=1S/C43H74O2/c1-7-8-9-10-11-12-13-14-15-16-17-18-19-23-41(44)45-36-28-30-42(5)35(32-36)24-25-37-39-27-26-38(34(4)22-20-21-33(2)3)43(39,6)31-29-40(37)42/h12-13,24,33-34,36-40H,7-11,14-23,25-32H2,1-6H3/t34-,36?,37+,38-,39+,40+,42+,43-/m1/s1. The number of fused-ring (bicyclic) bond motifs is 5. The van der Waals surface area contributed by atoms with Gasteiger partial charge in [0.25, 0.3) is 0 Å². The van der Waals surface area contributed by atoms with Crippen molar-refractivity contribution in [2.24, 2.45) is 46.3 Å². The lowest BCUT2D eigenvalue weighted by atomic mass is 9.47. The van der Waals surface area contributed by atoms with Crippen LogP contribution in [0.4, 0.5) is 0 Å². The molecule has 3 saturated carbocycles. The highest BCUT2D eigenvalue weighted by Gasteiger charge is 2.59. The van der Waals surface area contributed by atoms with E-state index in [2.05, 4.69) is 59.8 Å². The van der Waals surface area contributed by atoms with Crippen LogP contribution in [0, 0.1) is 46.3 Å². The third kappa shape index (κ3) is 9.75. The van der Waals surface area contributed by atoms with E-state index >= 15 is 0 Å². The van der Waals surface area contributed by atoms with E-state index in [1.165, 1.54) is 116 Å². The van der Waals surface area contributed by atoms with Gasteiger partial charge in [-0.3, -0.25) is 4.79 Å². The van der Waals surface area contributed by atoms with Gasteiger partial charge in [-0.15, -0.1) is 0 Å². The summed E-state index contributed by atoms with van der Waals surface area (Å²) in [5.41, 5.74) is 2.53. The number of ether oxygens (including phenoxy) is 1. The number of unbranched alkanes of at least 4 members (excludes halogenated alkanes) is 9. The third-order valence-electron chi connectivity index (χ3n) is 13.7. The van der Waals surface area contributed by atoms with Crippen molar-refractivity contribution in [1.29, 1.82) is 0 Å². The molecule has 0 saturated heterocycles. The molecule has 3 fully saturated rings. The smallest absolute Gasteiger partial charge is 0.306 e. The molecule has 0 bridgehead atoms. The Bertz CT molecular complexity index is 945. The molecule has 2 nitrogen and oxygen atoms in total. The number of hydrogen-bond acceptors (Lipinski definition) is 2. The largest absolute Gasteiger partial charge is 0.462 e. The van der Waals surface area contributed by atoms with Crippen LogP contribution in [0.25, 0.3) is 0 Å². The average Bonchev–Trinajstić information content (AvgIpc) is 3.37. The van der Waals surface area contributed by atoms with Crippen LogP contribution in [0.15, 0.2) is 23.8 Å². The van der Waals surface area contributed by atoms with Crippen LogP contribution in [0.2, 0.25) is 0 Å². The molecule has 2 heteroatoms. The van der Waals surface area contributed by atoms with Gasteiger partial charge in [-0.1, -0.05) is 123 Å². The van der Waals surface area contributed by atoms with E-state index in [-0.39, 0.29) is 12.1 Å². The molecular weight excluding hydrogens is 548 g/mol. The van der Waals surface area contributed by atoms with E-state index in [0.717, 1.165) is 61.2 Å². The summed E-state index contributed by atoms with van der Waals surface area (Å²) in [6.07, 6.45) is 36.5. The molecule has 4 aliphatic carbocycles. The molecule has 0 amide bonds. The van der Waals surface area contributed by atoms with E-state index in [1.807, 2.05) is 0 Å². The fraction of sp³-hybridized carbons (Fsp3) is 0.884. The average molecular weight is 623 g/mol. The molecule has 258 valence electrons. The summed E-state index contributed by atoms with van der Waals surface area (Å²) in [6, 6.07) is 0. The van der Waals surface area contributed by atoms with Crippen LogP contribution in [-0.4, -0.2) is 12.1 Å². The number of hydrogen-bond donors (Lipinski definition) is 0. The Kier molecular flexibility index (Phi) is 14.6. The van der Waals surface area contributed by atoms with E-state index < -0.39 is 0 Å². The van der Waals surface area contributed by atoms with Gasteiger partial charge in [-0.2, -0.15) is 0 Å². The third-order valence-corrected chi connectivity index (χ3v) is 13.7. The molecule has 0 radical (unpaired) electrons. The van der Waals surface area contributed by atoms with Crippen molar-refractivity contribution in [3.05, 3.63) is 23.8 Å². The maximum atomic E-state index is 12.8. The van der Waals surface area contributed by atoms with Crippen LogP contribution < -0.4 is 0 Å². The SMILES string of the molecule is CCCCCCC=CCCCCCCCC(=O)OC1CC[C@@]2(C)C(=CC[C@H]3[C@@H]4CC[C@H]([C@H](C)CCCC(C)C)[C@@]4(C)CC[C@@H]32)C1. The molecule has 0 aromatic rings. The van der Waals surface area contributed by atoms with Gasteiger partial charge in [0.1, 0.15) is 6.10 Å². The van der Waals surface area contributed by atoms with Crippen molar-refractivity contribution >= 4 is 5.97 Å². The molecular formula is C43H74O2. The molecule has 0 aromatic heterocycles. The Morgan fingerprint density at radius 2 is 1.56 bits per heavy atom. The molecule has 4 rings (SSSR count). The van der Waals surface area contributed by atoms with Crippen LogP contribution in [0.5, 0.6) is 0 Å². The lowest BCUT2D eigenvalue weighted by molar-refractivity contribution is -0.151. The van der Waals surface area contributed by atoms with E-state index in [1.54, 1.807) is 5.57 Å². The van der Waals surface area contributed by atoms with E-state index in [0.29, 0.717) is 17.3 Å². The highest BCUT2D eigenvalue weighted by molar-refractivity contribution is 5.69. The van der Waals surface area contributed by atoms with Crippen molar-refractivity contribution in [2.75, 3.05) is 0 Å². The van der Waals surface area contributed by atoms with Gasteiger partial charge in [0, 0.05) is 12.8 Å². The Morgan fingerprint density at radius 1 is 0.844 bits per heavy atom. The number of allylic oxidation sites excluding steroid dienone is 3. The summed E-state index contributed by atoms with van der Waals surface area (Å²) in [4.78, 5) is 12.8. The Morgan fingerprint density at radius 3 is 2.29 bits per heavy atom. The summed E-state index contributed by atoms with van der Waals surface area (Å²) in [7, 11) is 0. The van der Waals surface area contributed by atoms with Crippen molar-refractivity contribution < 1.29 is 9.53 Å². The van der Waals surface area contributed by atoms with Crippen LogP contribution in [0.1, 0.15) is 189 Å². The molecule has 8 atom stereocenters. The molecule has 4 aliphatic rings. The lowest BCUT2D eigenvalue weighted by Gasteiger charge is -2.58. The van der Waals surface area contributed by atoms with Crippen molar-refractivity contribution in [1.82, 2.24) is 0 Å². The topological polar surface area (TPSA) is 26.3 Å². The number of carbonyl (C=O) groups is 1. The fourth-order valence-electron chi connectivity index (χ4n) is 11.0. The first-order valence-electron chi connectivity index (χ1n) is 20.2. The van der Waals surface area contributed by atoms with Crippen molar-refractivity contribution in [3.63, 3.8) is 0 Å². The second-order valence-corrected chi connectivity index (χ2v) is 17.3. The molecule has 0 N–H and O–H groups in total. The van der Waals surface area contributed by atoms with Crippen LogP contribution in [0.3, 0.4) is 0 Å². The summed E-state index contributed by atoms with van der Waals surface area (Å²) >= 11 is 0. The van der Waals surface area contributed by atoms with Gasteiger partial charge in [0.2, 0.25) is 0 Å². The monoisotopic (exact) mass is 623 g/mol. The quantitative estimate of drug-likeness (QED) is 0.0814.